The lowest BCUT2D eigenvalue weighted by atomic mass is 10.1. The van der Waals surface area contributed by atoms with Gasteiger partial charge < -0.3 is 4.74 Å². The van der Waals surface area contributed by atoms with Gasteiger partial charge in [-0.25, -0.2) is 4.99 Å². The van der Waals surface area contributed by atoms with Crippen LogP contribution in [0.1, 0.15) is 28.8 Å². The van der Waals surface area contributed by atoms with E-state index in [0.717, 1.165) is 16.7 Å². The van der Waals surface area contributed by atoms with Crippen LogP contribution in [0.25, 0.3) is 0 Å². The van der Waals surface area contributed by atoms with E-state index in [-0.39, 0.29) is 18.7 Å². The summed E-state index contributed by atoms with van der Waals surface area (Å²) in [6, 6.07) is 26.9. The maximum absolute atomic E-state index is 11.7. The molecule has 0 radical (unpaired) electrons. The fourth-order valence-corrected chi connectivity index (χ4v) is 4.07. The fourth-order valence-electron chi connectivity index (χ4n) is 4.07. The first-order chi connectivity index (χ1) is 15.2. The van der Waals surface area contributed by atoms with Crippen LogP contribution in [-0.2, 0) is 9.47 Å². The Morgan fingerprint density at radius 1 is 0.903 bits per heavy atom. The molecule has 31 heavy (non-hydrogen) atoms. The van der Waals surface area contributed by atoms with Crippen LogP contribution in [0.3, 0.4) is 0 Å². The van der Waals surface area contributed by atoms with Crippen molar-refractivity contribution in [2.24, 2.45) is 4.99 Å². The predicted octanol–water partition coefficient (Wildman–Crippen LogP) is 4.34. The molecular formula is C24H21N3O4. The molecule has 1 saturated heterocycles. The van der Waals surface area contributed by atoms with Crippen LogP contribution in [0.15, 0.2) is 89.9 Å². The van der Waals surface area contributed by atoms with Gasteiger partial charge in [-0.3, -0.25) is 19.8 Å². The summed E-state index contributed by atoms with van der Waals surface area (Å²) in [7, 11) is 0. The van der Waals surface area contributed by atoms with Crippen molar-refractivity contribution in [2.45, 2.75) is 18.4 Å². The SMILES string of the molecule is O=[N+]([O-])C1OC[C@@H](c2ccccc2)N1c1cccc(C2=N[C@H](c3ccccc3)CO2)c1. The quantitative estimate of drug-likeness (QED) is 0.458. The largest absolute Gasteiger partial charge is 0.475 e. The van der Waals surface area contributed by atoms with Gasteiger partial charge >= 0.3 is 6.35 Å². The van der Waals surface area contributed by atoms with Crippen LogP contribution in [0, 0.1) is 10.1 Å². The van der Waals surface area contributed by atoms with Crippen molar-refractivity contribution < 1.29 is 14.4 Å². The van der Waals surface area contributed by atoms with Gasteiger partial charge in [0.15, 0.2) is 0 Å². The van der Waals surface area contributed by atoms with E-state index in [1.165, 1.54) is 0 Å². The fraction of sp³-hybridized carbons (Fsp3) is 0.208. The summed E-state index contributed by atoms with van der Waals surface area (Å²) < 4.78 is 11.4. The van der Waals surface area contributed by atoms with Crippen LogP contribution >= 0.6 is 0 Å². The molecule has 0 saturated carbocycles. The minimum atomic E-state index is -1.25. The van der Waals surface area contributed by atoms with E-state index in [2.05, 4.69) is 0 Å². The molecule has 0 aromatic heterocycles. The third-order valence-corrected chi connectivity index (χ3v) is 5.57. The second-order valence-electron chi connectivity index (χ2n) is 7.50. The van der Waals surface area contributed by atoms with Crippen molar-refractivity contribution in [3.8, 4) is 0 Å². The monoisotopic (exact) mass is 415 g/mol. The molecule has 3 aromatic carbocycles. The number of hydrogen-bond acceptors (Lipinski definition) is 6. The summed E-state index contributed by atoms with van der Waals surface area (Å²) in [5, 5.41) is 11.7. The van der Waals surface area contributed by atoms with Crippen LogP contribution in [0.5, 0.6) is 0 Å². The van der Waals surface area contributed by atoms with Gasteiger partial charge in [-0.05, 0) is 29.3 Å². The Morgan fingerprint density at radius 3 is 2.32 bits per heavy atom. The highest BCUT2D eigenvalue weighted by molar-refractivity contribution is 5.96. The molecule has 0 spiro atoms. The third kappa shape index (κ3) is 3.75. The molecule has 5 rings (SSSR count). The molecule has 3 atom stereocenters. The second-order valence-corrected chi connectivity index (χ2v) is 7.50. The standard InChI is InChI=1S/C24H21N3O4/c28-27(29)24-26(22(16-31-24)18-10-5-2-6-11-18)20-13-7-12-19(14-20)23-25-21(15-30-23)17-8-3-1-4-9-17/h1-14,21-22,24H,15-16H2/t21-,22-,24?/m0/s1. The lowest BCUT2D eigenvalue weighted by Crippen LogP contribution is -2.38. The zero-order valence-electron chi connectivity index (χ0n) is 16.7. The van der Waals surface area contributed by atoms with Crippen LogP contribution in [-0.4, -0.2) is 30.4 Å². The van der Waals surface area contributed by atoms with E-state index in [4.69, 9.17) is 14.5 Å². The lowest BCUT2D eigenvalue weighted by Gasteiger charge is -2.26. The number of anilines is 1. The molecule has 0 bridgehead atoms. The van der Waals surface area contributed by atoms with Crippen LogP contribution < -0.4 is 4.90 Å². The van der Waals surface area contributed by atoms with E-state index in [9.17, 15) is 10.1 Å². The molecule has 1 fully saturated rings. The first-order valence-electron chi connectivity index (χ1n) is 10.1. The average Bonchev–Trinajstić information content (AvgIpc) is 3.48. The van der Waals surface area contributed by atoms with Gasteiger partial charge in [-0.2, -0.15) is 0 Å². The smallest absolute Gasteiger partial charge is 0.400 e. The Balaban J connectivity index is 1.47. The highest BCUT2D eigenvalue weighted by atomic mass is 16.7. The van der Waals surface area contributed by atoms with Gasteiger partial charge in [0, 0.05) is 11.3 Å². The maximum atomic E-state index is 11.7. The van der Waals surface area contributed by atoms with Crippen LogP contribution in [0.4, 0.5) is 5.69 Å². The summed E-state index contributed by atoms with van der Waals surface area (Å²) in [6.07, 6.45) is -1.25. The third-order valence-electron chi connectivity index (χ3n) is 5.57. The molecule has 2 aliphatic rings. The molecule has 0 N–H and O–H groups in total. The summed E-state index contributed by atoms with van der Waals surface area (Å²) in [4.78, 5) is 17.7. The van der Waals surface area contributed by atoms with Gasteiger partial charge in [0.1, 0.15) is 12.6 Å². The molecule has 1 unspecified atom stereocenters. The van der Waals surface area contributed by atoms with E-state index < -0.39 is 11.3 Å². The average molecular weight is 415 g/mol. The molecule has 7 heteroatoms. The van der Waals surface area contributed by atoms with E-state index in [1.807, 2.05) is 84.9 Å². The number of rotatable bonds is 5. The minimum Gasteiger partial charge on any atom is -0.475 e. The summed E-state index contributed by atoms with van der Waals surface area (Å²) in [5.41, 5.74) is 3.55. The minimum absolute atomic E-state index is 0.0569. The van der Waals surface area contributed by atoms with Crippen molar-refractivity contribution in [3.63, 3.8) is 0 Å². The number of ether oxygens (including phenoxy) is 2. The van der Waals surface area contributed by atoms with Crippen molar-refractivity contribution >= 4 is 11.6 Å². The zero-order chi connectivity index (χ0) is 21.2. The van der Waals surface area contributed by atoms with E-state index in [0.29, 0.717) is 18.2 Å². The second kappa shape index (κ2) is 8.20. The van der Waals surface area contributed by atoms with Crippen LogP contribution in [0.2, 0.25) is 0 Å². The Labute approximate surface area is 179 Å². The number of hydrogen-bond donors (Lipinski definition) is 0. The number of benzene rings is 3. The van der Waals surface area contributed by atoms with Crippen molar-refractivity contribution in [1.82, 2.24) is 0 Å². The first kappa shape index (κ1) is 19.3. The Morgan fingerprint density at radius 2 is 1.61 bits per heavy atom. The molecule has 2 aliphatic heterocycles. The number of aliphatic imine (C=N–C) groups is 1. The van der Waals surface area contributed by atoms with Gasteiger partial charge in [0.2, 0.25) is 5.90 Å². The maximum Gasteiger partial charge on any atom is 0.400 e. The normalized spacial score (nSPS) is 22.8. The Kier molecular flexibility index (Phi) is 5.09. The van der Waals surface area contributed by atoms with Crippen molar-refractivity contribution in [3.05, 3.63) is 112 Å². The Hall–Kier alpha value is -3.71. The summed E-state index contributed by atoms with van der Waals surface area (Å²) in [6.45, 7) is 0.716. The Bertz CT molecular complexity index is 1100. The van der Waals surface area contributed by atoms with Gasteiger partial charge in [-0.15, -0.1) is 0 Å². The topological polar surface area (TPSA) is 77.2 Å². The molecule has 0 amide bonds. The lowest BCUT2D eigenvalue weighted by molar-refractivity contribution is -0.567. The summed E-state index contributed by atoms with van der Waals surface area (Å²) >= 11 is 0. The summed E-state index contributed by atoms with van der Waals surface area (Å²) in [5.74, 6) is 0.546. The van der Waals surface area contributed by atoms with Gasteiger partial charge in [0.05, 0.1) is 17.6 Å². The highest BCUT2D eigenvalue weighted by Crippen LogP contribution is 2.36. The van der Waals surface area contributed by atoms with E-state index >= 15 is 0 Å². The molecule has 0 aliphatic carbocycles. The molecule has 156 valence electrons. The predicted molar refractivity (Wildman–Crippen MR) is 117 cm³/mol. The molecular weight excluding hydrogens is 394 g/mol. The molecule has 2 heterocycles. The first-order valence-corrected chi connectivity index (χ1v) is 10.1. The number of nitrogens with zero attached hydrogens (tertiary/aromatic N) is 3. The van der Waals surface area contributed by atoms with Gasteiger partial charge in [-0.1, -0.05) is 66.7 Å². The van der Waals surface area contributed by atoms with E-state index in [1.54, 1.807) is 4.90 Å². The molecule has 7 nitrogen and oxygen atoms in total. The van der Waals surface area contributed by atoms with Gasteiger partial charge in [0.25, 0.3) is 0 Å². The van der Waals surface area contributed by atoms with Crippen molar-refractivity contribution in [2.75, 3.05) is 18.1 Å². The van der Waals surface area contributed by atoms with Crippen molar-refractivity contribution in [1.29, 1.82) is 0 Å². The highest BCUT2D eigenvalue weighted by Gasteiger charge is 2.43. The zero-order valence-corrected chi connectivity index (χ0v) is 16.7. The number of nitro groups is 1. The molecule has 3 aromatic rings.